The first-order valence-corrected chi connectivity index (χ1v) is 6.94. The molecule has 0 saturated carbocycles. The summed E-state index contributed by atoms with van der Waals surface area (Å²) >= 11 is 0. The quantitative estimate of drug-likeness (QED) is 0.695. The zero-order valence-electron chi connectivity index (χ0n) is 10.3. The molecule has 0 radical (unpaired) electrons. The monoisotopic (exact) mass is 226 g/mol. The Kier molecular flexibility index (Phi) is 5.59. The molecule has 3 nitrogen and oxygen atoms in total. The van der Waals surface area contributed by atoms with Crippen molar-refractivity contribution >= 4 is 0 Å². The van der Waals surface area contributed by atoms with E-state index in [2.05, 4.69) is 10.6 Å². The SMILES string of the molecule is C1CNCC(CCNCC2CCOCC2)C1. The summed E-state index contributed by atoms with van der Waals surface area (Å²) in [6, 6.07) is 0. The highest BCUT2D eigenvalue weighted by molar-refractivity contribution is 4.71. The summed E-state index contributed by atoms with van der Waals surface area (Å²) in [7, 11) is 0. The zero-order valence-corrected chi connectivity index (χ0v) is 10.3. The fourth-order valence-electron chi connectivity index (χ4n) is 2.73. The highest BCUT2D eigenvalue weighted by Gasteiger charge is 2.14. The van der Waals surface area contributed by atoms with Gasteiger partial charge in [-0.05, 0) is 70.1 Å². The third-order valence-corrected chi connectivity index (χ3v) is 3.90. The Morgan fingerprint density at radius 2 is 2.00 bits per heavy atom. The molecule has 0 aromatic carbocycles. The Bertz CT molecular complexity index is 155. The Morgan fingerprint density at radius 3 is 2.75 bits per heavy atom. The second-order valence-corrected chi connectivity index (χ2v) is 5.26. The Labute approximate surface area is 99.3 Å². The van der Waals surface area contributed by atoms with Gasteiger partial charge in [-0.3, -0.25) is 0 Å². The molecule has 1 unspecified atom stereocenters. The van der Waals surface area contributed by atoms with Crippen LogP contribution in [0.1, 0.15) is 32.1 Å². The summed E-state index contributed by atoms with van der Waals surface area (Å²) in [6.45, 7) is 6.80. The number of piperidine rings is 1. The molecule has 2 N–H and O–H groups in total. The van der Waals surface area contributed by atoms with Crippen molar-refractivity contribution in [3.05, 3.63) is 0 Å². The van der Waals surface area contributed by atoms with Gasteiger partial charge in [0.1, 0.15) is 0 Å². The molecule has 1 atom stereocenters. The normalized spacial score (nSPS) is 28.1. The van der Waals surface area contributed by atoms with Crippen molar-refractivity contribution in [2.24, 2.45) is 11.8 Å². The van der Waals surface area contributed by atoms with Gasteiger partial charge in [-0.1, -0.05) is 0 Å². The maximum absolute atomic E-state index is 5.37. The molecule has 2 aliphatic heterocycles. The first-order chi connectivity index (χ1) is 7.95. The molecule has 0 amide bonds. The molecule has 2 aliphatic rings. The highest BCUT2D eigenvalue weighted by atomic mass is 16.5. The summed E-state index contributed by atoms with van der Waals surface area (Å²) in [6.07, 6.45) is 6.63. The van der Waals surface area contributed by atoms with Crippen LogP contribution in [-0.4, -0.2) is 39.4 Å². The molecule has 0 aliphatic carbocycles. The van der Waals surface area contributed by atoms with E-state index in [9.17, 15) is 0 Å². The fraction of sp³-hybridized carbons (Fsp3) is 1.00. The van der Waals surface area contributed by atoms with Gasteiger partial charge in [0.25, 0.3) is 0 Å². The number of rotatable bonds is 5. The van der Waals surface area contributed by atoms with Gasteiger partial charge < -0.3 is 15.4 Å². The van der Waals surface area contributed by atoms with Crippen LogP contribution in [0.2, 0.25) is 0 Å². The Balaban J connectivity index is 1.47. The number of nitrogens with one attached hydrogen (secondary N) is 2. The lowest BCUT2D eigenvalue weighted by Crippen LogP contribution is -2.33. The second kappa shape index (κ2) is 7.25. The summed E-state index contributed by atoms with van der Waals surface area (Å²) in [5.41, 5.74) is 0. The fourth-order valence-corrected chi connectivity index (χ4v) is 2.73. The van der Waals surface area contributed by atoms with E-state index in [4.69, 9.17) is 4.74 Å². The van der Waals surface area contributed by atoms with Gasteiger partial charge in [-0.15, -0.1) is 0 Å². The number of hydrogen-bond acceptors (Lipinski definition) is 3. The first-order valence-electron chi connectivity index (χ1n) is 6.94. The van der Waals surface area contributed by atoms with Crippen LogP contribution in [-0.2, 0) is 4.74 Å². The molecule has 0 spiro atoms. The highest BCUT2D eigenvalue weighted by Crippen LogP contribution is 2.15. The summed E-state index contributed by atoms with van der Waals surface area (Å²) in [5.74, 6) is 1.77. The molecule has 0 bridgehead atoms. The standard InChI is InChI=1S/C13H26N2O/c1-2-12(10-14-6-1)3-7-15-11-13-4-8-16-9-5-13/h12-15H,1-11H2. The van der Waals surface area contributed by atoms with Gasteiger partial charge in [-0.25, -0.2) is 0 Å². The second-order valence-electron chi connectivity index (χ2n) is 5.26. The van der Waals surface area contributed by atoms with Crippen molar-refractivity contribution in [2.45, 2.75) is 32.1 Å². The maximum atomic E-state index is 5.37. The predicted molar refractivity (Wildman–Crippen MR) is 66.6 cm³/mol. The van der Waals surface area contributed by atoms with Crippen LogP contribution in [0.25, 0.3) is 0 Å². The van der Waals surface area contributed by atoms with Crippen molar-refractivity contribution < 1.29 is 4.74 Å². The van der Waals surface area contributed by atoms with Gasteiger partial charge in [0, 0.05) is 13.2 Å². The maximum Gasteiger partial charge on any atom is 0.0469 e. The number of ether oxygens (including phenoxy) is 1. The average molecular weight is 226 g/mol. The smallest absolute Gasteiger partial charge is 0.0469 e. The minimum Gasteiger partial charge on any atom is -0.381 e. The summed E-state index contributed by atoms with van der Waals surface area (Å²) in [5, 5.41) is 7.10. The van der Waals surface area contributed by atoms with Crippen molar-refractivity contribution in [1.29, 1.82) is 0 Å². The Morgan fingerprint density at radius 1 is 1.12 bits per heavy atom. The average Bonchev–Trinajstić information content (AvgIpc) is 2.37. The van der Waals surface area contributed by atoms with Crippen LogP contribution in [0.5, 0.6) is 0 Å². The van der Waals surface area contributed by atoms with Crippen molar-refractivity contribution in [3.63, 3.8) is 0 Å². The van der Waals surface area contributed by atoms with E-state index in [0.717, 1.165) is 25.0 Å². The van der Waals surface area contributed by atoms with E-state index < -0.39 is 0 Å². The van der Waals surface area contributed by atoms with Gasteiger partial charge in [0.15, 0.2) is 0 Å². The van der Waals surface area contributed by atoms with Crippen molar-refractivity contribution in [3.8, 4) is 0 Å². The van der Waals surface area contributed by atoms with E-state index in [0.29, 0.717) is 0 Å². The lowest BCUT2D eigenvalue weighted by molar-refractivity contribution is 0.0662. The first kappa shape index (κ1) is 12.3. The van der Waals surface area contributed by atoms with Gasteiger partial charge >= 0.3 is 0 Å². The van der Waals surface area contributed by atoms with E-state index >= 15 is 0 Å². The minimum absolute atomic E-state index is 0.859. The summed E-state index contributed by atoms with van der Waals surface area (Å²) in [4.78, 5) is 0. The largest absolute Gasteiger partial charge is 0.381 e. The molecule has 94 valence electrons. The van der Waals surface area contributed by atoms with Crippen LogP contribution in [0.4, 0.5) is 0 Å². The van der Waals surface area contributed by atoms with Crippen LogP contribution >= 0.6 is 0 Å². The van der Waals surface area contributed by atoms with Gasteiger partial charge in [0.05, 0.1) is 0 Å². The molecule has 2 saturated heterocycles. The van der Waals surface area contributed by atoms with E-state index in [1.165, 1.54) is 58.3 Å². The van der Waals surface area contributed by atoms with Crippen LogP contribution in [0.15, 0.2) is 0 Å². The van der Waals surface area contributed by atoms with E-state index in [1.54, 1.807) is 0 Å². The molecular weight excluding hydrogens is 200 g/mol. The van der Waals surface area contributed by atoms with E-state index in [1.807, 2.05) is 0 Å². The van der Waals surface area contributed by atoms with Gasteiger partial charge in [-0.2, -0.15) is 0 Å². The lowest BCUT2D eigenvalue weighted by atomic mass is 9.96. The minimum atomic E-state index is 0.859. The van der Waals surface area contributed by atoms with Crippen LogP contribution in [0.3, 0.4) is 0 Å². The zero-order chi connectivity index (χ0) is 11.1. The Hall–Kier alpha value is -0.120. The predicted octanol–water partition coefficient (Wildman–Crippen LogP) is 1.39. The molecule has 0 aromatic rings. The van der Waals surface area contributed by atoms with Crippen LogP contribution in [0, 0.1) is 11.8 Å². The lowest BCUT2D eigenvalue weighted by Gasteiger charge is -2.24. The molecule has 2 rings (SSSR count). The van der Waals surface area contributed by atoms with Crippen LogP contribution < -0.4 is 10.6 Å². The molecule has 2 fully saturated rings. The third kappa shape index (κ3) is 4.40. The van der Waals surface area contributed by atoms with Gasteiger partial charge in [0.2, 0.25) is 0 Å². The molecule has 2 heterocycles. The molecule has 3 heteroatoms. The molecular formula is C13H26N2O. The number of hydrogen-bond donors (Lipinski definition) is 2. The van der Waals surface area contributed by atoms with Crippen molar-refractivity contribution in [2.75, 3.05) is 39.4 Å². The summed E-state index contributed by atoms with van der Waals surface area (Å²) < 4.78 is 5.37. The third-order valence-electron chi connectivity index (χ3n) is 3.90. The molecule has 0 aromatic heterocycles. The topological polar surface area (TPSA) is 33.3 Å². The van der Waals surface area contributed by atoms with Crippen molar-refractivity contribution in [1.82, 2.24) is 10.6 Å². The van der Waals surface area contributed by atoms with E-state index in [-0.39, 0.29) is 0 Å². The molecule has 16 heavy (non-hydrogen) atoms.